The number of amides is 1. The molecule has 0 aliphatic rings. The van der Waals surface area contributed by atoms with E-state index in [2.05, 4.69) is 28.6 Å². The number of rotatable bonds is 7. The van der Waals surface area contributed by atoms with Gasteiger partial charge in [0, 0.05) is 18.9 Å². The third-order valence-electron chi connectivity index (χ3n) is 4.68. The lowest BCUT2D eigenvalue weighted by atomic mass is 10.1. The van der Waals surface area contributed by atoms with Crippen LogP contribution in [0.2, 0.25) is 0 Å². The first-order chi connectivity index (χ1) is 13.7. The second kappa shape index (κ2) is 8.27. The summed E-state index contributed by atoms with van der Waals surface area (Å²) in [4.78, 5) is 20.0. The van der Waals surface area contributed by atoms with E-state index in [0.717, 1.165) is 18.1 Å². The Morgan fingerprint density at radius 1 is 1.14 bits per heavy atom. The fourth-order valence-electron chi connectivity index (χ4n) is 3.12. The molecule has 28 heavy (non-hydrogen) atoms. The van der Waals surface area contributed by atoms with Crippen LogP contribution in [-0.2, 0) is 19.6 Å². The number of hydrogen-bond donors (Lipinski definition) is 0. The molecule has 1 amide bonds. The fraction of sp³-hybridized carbons (Fsp3) is 0.182. The molecular weight excluding hydrogens is 370 g/mol. The van der Waals surface area contributed by atoms with E-state index in [1.165, 1.54) is 22.5 Å². The van der Waals surface area contributed by atoms with Crippen LogP contribution in [0.15, 0.2) is 77.0 Å². The molecule has 0 saturated heterocycles. The number of benzene rings is 1. The van der Waals surface area contributed by atoms with Crippen molar-refractivity contribution in [1.82, 2.24) is 14.5 Å². The minimum absolute atomic E-state index is 0.0168. The molecule has 0 bridgehead atoms. The van der Waals surface area contributed by atoms with E-state index < -0.39 is 0 Å². The first-order valence-electron chi connectivity index (χ1n) is 9.10. The smallest absolute Gasteiger partial charge is 0.264 e. The van der Waals surface area contributed by atoms with E-state index >= 15 is 0 Å². The summed E-state index contributed by atoms with van der Waals surface area (Å²) in [6.07, 6.45) is 5.37. The number of aromatic nitrogens is 2. The number of aryl methyl sites for hydroxylation is 1. The molecule has 0 aliphatic heterocycles. The average molecular weight is 391 g/mol. The average Bonchev–Trinajstić information content (AvgIpc) is 3.46. The molecule has 0 atom stereocenters. The third-order valence-corrected chi connectivity index (χ3v) is 5.54. The van der Waals surface area contributed by atoms with Crippen LogP contribution in [-0.4, -0.2) is 20.4 Å². The summed E-state index contributed by atoms with van der Waals surface area (Å²) in [5.41, 5.74) is 2.48. The van der Waals surface area contributed by atoms with Crippen molar-refractivity contribution in [1.29, 1.82) is 0 Å². The van der Waals surface area contributed by atoms with Crippen LogP contribution >= 0.6 is 11.3 Å². The van der Waals surface area contributed by atoms with E-state index in [0.29, 0.717) is 18.0 Å². The van der Waals surface area contributed by atoms with Gasteiger partial charge in [-0.2, -0.15) is 0 Å². The molecule has 142 valence electrons. The van der Waals surface area contributed by atoms with Gasteiger partial charge in [0.25, 0.3) is 5.91 Å². The Balaban J connectivity index is 1.58. The quantitative estimate of drug-likeness (QED) is 0.457. The molecule has 0 N–H and O–H groups in total. The molecule has 3 heterocycles. The maximum absolute atomic E-state index is 13.0. The van der Waals surface area contributed by atoms with Crippen molar-refractivity contribution >= 4 is 17.2 Å². The normalized spacial score (nSPS) is 10.9. The van der Waals surface area contributed by atoms with Crippen LogP contribution in [0, 0.1) is 6.92 Å². The molecule has 1 aromatic carbocycles. The lowest BCUT2D eigenvalue weighted by molar-refractivity contribution is 0.0716. The number of furan rings is 1. The van der Waals surface area contributed by atoms with Gasteiger partial charge >= 0.3 is 0 Å². The molecule has 0 radical (unpaired) electrons. The molecule has 0 aliphatic carbocycles. The van der Waals surface area contributed by atoms with Crippen molar-refractivity contribution in [2.24, 2.45) is 0 Å². The van der Waals surface area contributed by atoms with Crippen molar-refractivity contribution in [2.75, 3.05) is 0 Å². The van der Waals surface area contributed by atoms with Crippen LogP contribution in [0.4, 0.5) is 0 Å². The fourth-order valence-corrected chi connectivity index (χ4v) is 3.81. The minimum atomic E-state index is -0.0168. The Kier molecular flexibility index (Phi) is 5.39. The second-order valence-electron chi connectivity index (χ2n) is 6.62. The standard InChI is InChI=1S/C22H21N3O2S/c1-17-6-2-3-7-18(17)14-24-11-10-23-21(24)16-25(15-19-8-4-12-27-19)22(26)20-9-5-13-28-20/h2-13H,14-16H2,1H3. The molecule has 0 fully saturated rings. The summed E-state index contributed by atoms with van der Waals surface area (Å²) in [6, 6.07) is 15.8. The number of nitrogens with zero attached hydrogens (tertiary/aromatic N) is 3. The largest absolute Gasteiger partial charge is 0.467 e. The maximum atomic E-state index is 13.0. The van der Waals surface area contributed by atoms with Crippen LogP contribution in [0.5, 0.6) is 0 Å². The maximum Gasteiger partial charge on any atom is 0.264 e. The Morgan fingerprint density at radius 2 is 2.04 bits per heavy atom. The van der Waals surface area contributed by atoms with Crippen molar-refractivity contribution in [2.45, 2.75) is 26.6 Å². The monoisotopic (exact) mass is 391 g/mol. The molecular formula is C22H21N3O2S. The summed E-state index contributed by atoms with van der Waals surface area (Å²) in [5.74, 6) is 1.58. The van der Waals surface area contributed by atoms with Crippen molar-refractivity contribution < 1.29 is 9.21 Å². The van der Waals surface area contributed by atoms with E-state index in [4.69, 9.17) is 4.42 Å². The zero-order valence-electron chi connectivity index (χ0n) is 15.6. The molecule has 0 spiro atoms. The summed E-state index contributed by atoms with van der Waals surface area (Å²) in [6.45, 7) is 3.65. The van der Waals surface area contributed by atoms with Gasteiger partial charge in [-0.05, 0) is 41.6 Å². The summed E-state index contributed by atoms with van der Waals surface area (Å²) in [7, 11) is 0. The highest BCUT2D eigenvalue weighted by molar-refractivity contribution is 7.12. The van der Waals surface area contributed by atoms with Gasteiger partial charge in [-0.15, -0.1) is 11.3 Å². The van der Waals surface area contributed by atoms with Crippen LogP contribution in [0.3, 0.4) is 0 Å². The van der Waals surface area contributed by atoms with Crippen molar-refractivity contribution in [3.05, 3.63) is 100 Å². The van der Waals surface area contributed by atoms with Gasteiger partial charge in [-0.3, -0.25) is 4.79 Å². The highest BCUT2D eigenvalue weighted by atomic mass is 32.1. The molecule has 6 heteroatoms. The predicted molar refractivity (Wildman–Crippen MR) is 109 cm³/mol. The number of hydrogen-bond acceptors (Lipinski definition) is 4. The molecule has 3 aromatic heterocycles. The molecule has 4 rings (SSSR count). The van der Waals surface area contributed by atoms with Crippen molar-refractivity contribution in [3.63, 3.8) is 0 Å². The zero-order valence-corrected chi connectivity index (χ0v) is 16.4. The minimum Gasteiger partial charge on any atom is -0.467 e. The van der Waals surface area contributed by atoms with E-state index in [-0.39, 0.29) is 5.91 Å². The third kappa shape index (κ3) is 4.07. The van der Waals surface area contributed by atoms with Gasteiger partial charge < -0.3 is 13.9 Å². The SMILES string of the molecule is Cc1ccccc1Cn1ccnc1CN(Cc1ccco1)C(=O)c1cccs1. The predicted octanol–water partition coefficient (Wildman–Crippen LogP) is 4.74. The van der Waals surface area contributed by atoms with Crippen LogP contribution in [0.1, 0.15) is 32.4 Å². The van der Waals surface area contributed by atoms with E-state index in [9.17, 15) is 4.79 Å². The molecule has 5 nitrogen and oxygen atoms in total. The highest BCUT2D eigenvalue weighted by Crippen LogP contribution is 2.18. The Morgan fingerprint density at radius 3 is 2.79 bits per heavy atom. The Hall–Kier alpha value is -3.12. The van der Waals surface area contributed by atoms with Crippen molar-refractivity contribution in [3.8, 4) is 0 Å². The van der Waals surface area contributed by atoms with Gasteiger partial charge in [0.1, 0.15) is 11.6 Å². The highest BCUT2D eigenvalue weighted by Gasteiger charge is 2.20. The van der Waals surface area contributed by atoms with E-state index in [1.54, 1.807) is 17.4 Å². The van der Waals surface area contributed by atoms with Crippen LogP contribution < -0.4 is 0 Å². The van der Waals surface area contributed by atoms with Gasteiger partial charge in [0.05, 0.1) is 24.2 Å². The topological polar surface area (TPSA) is 51.3 Å². The summed E-state index contributed by atoms with van der Waals surface area (Å²) < 4.78 is 7.57. The molecule has 4 aromatic rings. The first kappa shape index (κ1) is 18.3. The number of thiophene rings is 1. The summed E-state index contributed by atoms with van der Waals surface area (Å²) >= 11 is 1.44. The van der Waals surface area contributed by atoms with Gasteiger partial charge in [-0.1, -0.05) is 30.3 Å². The Labute approximate surface area is 167 Å². The van der Waals surface area contributed by atoms with Gasteiger partial charge in [0.15, 0.2) is 0 Å². The summed E-state index contributed by atoms with van der Waals surface area (Å²) in [5, 5.41) is 1.91. The molecule has 0 saturated carbocycles. The molecule has 0 unspecified atom stereocenters. The van der Waals surface area contributed by atoms with Crippen LogP contribution in [0.25, 0.3) is 0 Å². The number of imidazole rings is 1. The lowest BCUT2D eigenvalue weighted by Crippen LogP contribution is -2.30. The number of carbonyl (C=O) groups is 1. The second-order valence-corrected chi connectivity index (χ2v) is 7.56. The van der Waals surface area contributed by atoms with E-state index in [1.807, 2.05) is 48.0 Å². The van der Waals surface area contributed by atoms with Gasteiger partial charge in [-0.25, -0.2) is 4.98 Å². The van der Waals surface area contributed by atoms with Gasteiger partial charge in [0.2, 0.25) is 0 Å². The Bertz CT molecular complexity index is 1040. The zero-order chi connectivity index (χ0) is 19.3. The number of carbonyl (C=O) groups excluding carboxylic acids is 1. The first-order valence-corrected chi connectivity index (χ1v) is 9.98. The lowest BCUT2D eigenvalue weighted by Gasteiger charge is -2.21.